The first kappa shape index (κ1) is 39.1. The van der Waals surface area contributed by atoms with Gasteiger partial charge in [0.15, 0.2) is 6.10 Å². The summed E-state index contributed by atoms with van der Waals surface area (Å²) in [6.45, 7) is 6.19. The third kappa shape index (κ3) is 29.4. The summed E-state index contributed by atoms with van der Waals surface area (Å²) in [5, 5.41) is 19.6. The quantitative estimate of drug-likeness (QED) is 0.0418. The monoisotopic (exact) mass is 578 g/mol. The second kappa shape index (κ2) is 29.6. The first-order valence-electron chi connectivity index (χ1n) is 16.5. The molecule has 0 aromatic carbocycles. The van der Waals surface area contributed by atoms with Gasteiger partial charge in [-0.05, 0) is 44.4 Å². The molecular weight excluding hydrogens is 516 g/mol. The van der Waals surface area contributed by atoms with E-state index in [4.69, 9.17) is 9.47 Å². The van der Waals surface area contributed by atoms with Crippen molar-refractivity contribution >= 4 is 11.9 Å². The van der Waals surface area contributed by atoms with Gasteiger partial charge in [0.05, 0.1) is 12.7 Å². The van der Waals surface area contributed by atoms with Crippen LogP contribution in [-0.2, 0) is 19.1 Å². The van der Waals surface area contributed by atoms with Gasteiger partial charge in [0.2, 0.25) is 0 Å². The van der Waals surface area contributed by atoms with Gasteiger partial charge in [0, 0.05) is 12.8 Å². The highest BCUT2D eigenvalue weighted by Gasteiger charge is 2.16. The van der Waals surface area contributed by atoms with Crippen molar-refractivity contribution in [2.24, 2.45) is 5.92 Å². The predicted octanol–water partition coefficient (Wildman–Crippen LogP) is 8.55. The summed E-state index contributed by atoms with van der Waals surface area (Å²) in [6.07, 6.45) is 29.7. The topological polar surface area (TPSA) is 93.1 Å². The largest absolute Gasteiger partial charge is 0.462 e. The molecule has 41 heavy (non-hydrogen) atoms. The summed E-state index contributed by atoms with van der Waals surface area (Å²) in [5.74, 6) is -0.0363. The molecule has 0 aliphatic carbocycles. The summed E-state index contributed by atoms with van der Waals surface area (Å²) < 4.78 is 10.4. The zero-order chi connectivity index (χ0) is 30.4. The van der Waals surface area contributed by atoms with Crippen molar-refractivity contribution in [3.05, 3.63) is 36.5 Å². The average molecular weight is 579 g/mol. The molecule has 0 fully saturated rings. The van der Waals surface area contributed by atoms with Crippen LogP contribution in [0.5, 0.6) is 0 Å². The number of carbonyl (C=O) groups excluding carboxylic acids is 2. The van der Waals surface area contributed by atoms with Gasteiger partial charge in [0.1, 0.15) is 6.61 Å². The highest BCUT2D eigenvalue weighted by molar-refractivity contribution is 5.70. The van der Waals surface area contributed by atoms with E-state index >= 15 is 0 Å². The lowest BCUT2D eigenvalue weighted by molar-refractivity contribution is -0.161. The number of aliphatic hydroxyl groups excluding tert-OH is 2. The Morgan fingerprint density at radius 1 is 0.732 bits per heavy atom. The molecule has 0 aromatic heterocycles. The molecule has 0 aliphatic rings. The van der Waals surface area contributed by atoms with Crippen molar-refractivity contribution in [3.63, 3.8) is 0 Å². The molecule has 2 atom stereocenters. The Labute approximate surface area is 251 Å². The molecule has 6 heteroatoms. The molecule has 0 aromatic rings. The maximum absolute atomic E-state index is 12.1. The number of unbranched alkanes of at least 4 members (excludes halogenated alkanes) is 11. The van der Waals surface area contributed by atoms with Gasteiger partial charge in [-0.3, -0.25) is 9.59 Å². The molecular formula is C35H62O6. The Balaban J connectivity index is 3.84. The van der Waals surface area contributed by atoms with E-state index in [1.807, 2.05) is 12.2 Å². The van der Waals surface area contributed by atoms with Crippen LogP contribution in [0.15, 0.2) is 36.5 Å². The average Bonchev–Trinajstić information content (AvgIpc) is 2.94. The van der Waals surface area contributed by atoms with Crippen LogP contribution in [0.4, 0.5) is 0 Å². The van der Waals surface area contributed by atoms with Gasteiger partial charge < -0.3 is 19.7 Å². The first-order valence-corrected chi connectivity index (χ1v) is 16.5. The van der Waals surface area contributed by atoms with Gasteiger partial charge in [0.25, 0.3) is 0 Å². The van der Waals surface area contributed by atoms with E-state index in [0.29, 0.717) is 19.3 Å². The van der Waals surface area contributed by atoms with E-state index in [9.17, 15) is 19.8 Å². The Hall–Kier alpha value is -1.92. The third-order valence-corrected chi connectivity index (χ3v) is 6.97. The maximum atomic E-state index is 12.1. The lowest BCUT2D eigenvalue weighted by atomic mass is 10.0. The second-order valence-electron chi connectivity index (χ2n) is 11.6. The fourth-order valence-corrected chi connectivity index (χ4v) is 4.39. The minimum absolute atomic E-state index is 0.131. The number of carbonyl (C=O) groups is 2. The van der Waals surface area contributed by atoms with E-state index in [2.05, 4.69) is 39.0 Å². The zero-order valence-corrected chi connectivity index (χ0v) is 26.6. The van der Waals surface area contributed by atoms with Crippen LogP contribution < -0.4 is 0 Å². The Morgan fingerprint density at radius 3 is 2.10 bits per heavy atom. The smallest absolute Gasteiger partial charge is 0.306 e. The van der Waals surface area contributed by atoms with Gasteiger partial charge in [-0.25, -0.2) is 0 Å². The van der Waals surface area contributed by atoms with Crippen LogP contribution in [0, 0.1) is 5.92 Å². The van der Waals surface area contributed by atoms with E-state index in [0.717, 1.165) is 38.0 Å². The Kier molecular flexibility index (Phi) is 28.2. The summed E-state index contributed by atoms with van der Waals surface area (Å²) in [4.78, 5) is 24.0. The summed E-state index contributed by atoms with van der Waals surface area (Å²) in [6, 6.07) is 0. The van der Waals surface area contributed by atoms with Crippen molar-refractivity contribution < 1.29 is 29.3 Å². The van der Waals surface area contributed by atoms with E-state index < -0.39 is 24.8 Å². The molecule has 1 unspecified atom stereocenters. The van der Waals surface area contributed by atoms with Crippen LogP contribution in [-0.4, -0.2) is 47.6 Å². The molecule has 0 saturated heterocycles. The van der Waals surface area contributed by atoms with Gasteiger partial charge in [-0.15, -0.1) is 0 Å². The number of ether oxygens (including phenoxy) is 2. The molecule has 0 amide bonds. The Bertz CT molecular complexity index is 697. The number of allylic oxidation sites excluding steroid dienone is 5. The third-order valence-electron chi connectivity index (χ3n) is 6.97. The number of rotatable bonds is 28. The lowest BCUT2D eigenvalue weighted by Gasteiger charge is -2.16. The predicted molar refractivity (Wildman–Crippen MR) is 170 cm³/mol. The summed E-state index contributed by atoms with van der Waals surface area (Å²) in [5.41, 5.74) is 0. The number of aliphatic hydroxyl groups is 2. The van der Waals surface area contributed by atoms with E-state index in [1.165, 1.54) is 64.2 Å². The second-order valence-corrected chi connectivity index (χ2v) is 11.6. The zero-order valence-electron chi connectivity index (χ0n) is 26.6. The number of hydrogen-bond donors (Lipinski definition) is 2. The van der Waals surface area contributed by atoms with Crippen molar-refractivity contribution in [1.82, 2.24) is 0 Å². The number of hydrogen-bond acceptors (Lipinski definition) is 6. The van der Waals surface area contributed by atoms with Gasteiger partial charge >= 0.3 is 11.9 Å². The minimum atomic E-state index is -0.859. The van der Waals surface area contributed by atoms with Crippen molar-refractivity contribution in [3.8, 4) is 0 Å². The first-order chi connectivity index (χ1) is 19.9. The van der Waals surface area contributed by atoms with E-state index in [-0.39, 0.29) is 19.0 Å². The fourth-order valence-electron chi connectivity index (χ4n) is 4.39. The highest BCUT2D eigenvalue weighted by Crippen LogP contribution is 2.13. The Morgan fingerprint density at radius 2 is 1.39 bits per heavy atom. The van der Waals surface area contributed by atoms with Crippen LogP contribution in [0.1, 0.15) is 143 Å². The van der Waals surface area contributed by atoms with Crippen molar-refractivity contribution in [2.75, 3.05) is 13.2 Å². The molecule has 0 spiro atoms. The fraction of sp³-hybridized carbons (Fsp3) is 0.771. The van der Waals surface area contributed by atoms with E-state index in [1.54, 1.807) is 6.08 Å². The normalized spacial score (nSPS) is 13.5. The molecule has 0 heterocycles. The van der Waals surface area contributed by atoms with Crippen molar-refractivity contribution in [2.45, 2.75) is 155 Å². The molecule has 0 aliphatic heterocycles. The molecule has 2 N–H and O–H groups in total. The molecule has 0 bridgehead atoms. The molecule has 0 rings (SSSR count). The standard InChI is InChI=1S/C35H62O6/c1-4-5-6-7-8-9-10-11-12-13-14-18-21-25-32(37)26-23-28-35(39)41-33(29-36)30-40-34(38)27-22-19-16-15-17-20-24-31(2)3/h11-12,14,18,21,25,31-33,36-37H,4-10,13,15-17,19-20,22-24,26-30H2,1-3H3/b12-11+,18-14+,25-21+/t32?,33-/m0/s1. The maximum Gasteiger partial charge on any atom is 0.306 e. The van der Waals surface area contributed by atoms with Gasteiger partial charge in [-0.2, -0.15) is 0 Å². The number of esters is 2. The van der Waals surface area contributed by atoms with Crippen molar-refractivity contribution in [1.29, 1.82) is 0 Å². The van der Waals surface area contributed by atoms with Crippen LogP contribution >= 0.6 is 0 Å². The minimum Gasteiger partial charge on any atom is -0.462 e. The molecule has 238 valence electrons. The van der Waals surface area contributed by atoms with Crippen LogP contribution in [0.3, 0.4) is 0 Å². The molecule has 0 radical (unpaired) electrons. The lowest BCUT2D eigenvalue weighted by Crippen LogP contribution is -2.28. The van der Waals surface area contributed by atoms with Crippen LogP contribution in [0.25, 0.3) is 0 Å². The summed E-state index contributed by atoms with van der Waals surface area (Å²) in [7, 11) is 0. The SMILES string of the molecule is CCCCCCCC/C=C/C/C=C/C=C/C(O)CCCC(=O)O[C@@H](CO)COC(=O)CCCCCCCCC(C)C. The summed E-state index contributed by atoms with van der Waals surface area (Å²) >= 11 is 0. The molecule has 0 saturated carbocycles. The highest BCUT2D eigenvalue weighted by atomic mass is 16.6. The van der Waals surface area contributed by atoms with Crippen LogP contribution in [0.2, 0.25) is 0 Å². The van der Waals surface area contributed by atoms with Gasteiger partial charge in [-0.1, -0.05) is 128 Å². The molecule has 6 nitrogen and oxygen atoms in total.